The number of rotatable bonds is 6. The van der Waals surface area contributed by atoms with Crippen molar-refractivity contribution in [2.45, 2.75) is 39.9 Å². The summed E-state index contributed by atoms with van der Waals surface area (Å²) in [5.74, 6) is 0.245. The van der Waals surface area contributed by atoms with Crippen molar-refractivity contribution in [3.8, 4) is 0 Å². The number of thiocarbonyl (C=S) groups is 1. The van der Waals surface area contributed by atoms with Crippen LogP contribution in [0.3, 0.4) is 0 Å². The van der Waals surface area contributed by atoms with Gasteiger partial charge in [0.25, 0.3) is 0 Å². The minimum absolute atomic E-state index is 0.154. The molecule has 0 saturated carbocycles. The summed E-state index contributed by atoms with van der Waals surface area (Å²) in [6.07, 6.45) is 1.14. The van der Waals surface area contributed by atoms with E-state index in [1.165, 1.54) is 12.1 Å². The molecule has 0 aliphatic rings. The van der Waals surface area contributed by atoms with Gasteiger partial charge in [-0.25, -0.2) is 4.39 Å². The Bertz CT molecular complexity index is 420. The normalized spacial score (nSPS) is 12.7. The lowest BCUT2D eigenvalue weighted by atomic mass is 10.1. The first-order valence-corrected chi connectivity index (χ1v) is 6.50. The van der Waals surface area contributed by atoms with Gasteiger partial charge in [0.05, 0.1) is 12.7 Å². The highest BCUT2D eigenvalue weighted by molar-refractivity contribution is 7.80. The summed E-state index contributed by atoms with van der Waals surface area (Å²) in [4.78, 5) is 0.200. The molecule has 18 heavy (non-hydrogen) atoms. The van der Waals surface area contributed by atoms with Gasteiger partial charge < -0.3 is 10.5 Å². The molecule has 2 nitrogen and oxygen atoms in total. The number of benzene rings is 1. The average Bonchev–Trinajstić information content (AvgIpc) is 2.24. The zero-order valence-corrected chi connectivity index (χ0v) is 11.9. The van der Waals surface area contributed by atoms with Gasteiger partial charge in [0.15, 0.2) is 0 Å². The fraction of sp³-hybridized carbons (Fsp3) is 0.500. The van der Waals surface area contributed by atoms with Crippen LogP contribution in [-0.4, -0.2) is 11.1 Å². The fourth-order valence-electron chi connectivity index (χ4n) is 1.85. The maximum absolute atomic E-state index is 13.4. The predicted molar refractivity (Wildman–Crippen MR) is 76.0 cm³/mol. The molecule has 0 spiro atoms. The average molecular weight is 269 g/mol. The Morgan fingerprint density at radius 3 is 2.56 bits per heavy atom. The highest BCUT2D eigenvalue weighted by Crippen LogP contribution is 2.14. The van der Waals surface area contributed by atoms with Crippen molar-refractivity contribution in [2.24, 2.45) is 11.7 Å². The molecule has 4 heteroatoms. The van der Waals surface area contributed by atoms with E-state index in [1.54, 1.807) is 6.07 Å². The smallest absolute Gasteiger partial charge is 0.124 e. The fourth-order valence-corrected chi connectivity index (χ4v) is 1.96. The number of halogens is 1. The third-order valence-corrected chi connectivity index (χ3v) is 2.82. The van der Waals surface area contributed by atoms with Crippen LogP contribution in [0.25, 0.3) is 0 Å². The molecular weight excluding hydrogens is 249 g/mol. The van der Waals surface area contributed by atoms with E-state index < -0.39 is 0 Å². The molecule has 1 unspecified atom stereocenters. The first kappa shape index (κ1) is 15.1. The molecule has 0 aliphatic heterocycles. The second-order valence-electron chi connectivity index (χ2n) is 4.96. The summed E-state index contributed by atoms with van der Waals surface area (Å²) in [7, 11) is 0. The van der Waals surface area contributed by atoms with E-state index in [4.69, 9.17) is 22.7 Å². The third-order valence-electron chi connectivity index (χ3n) is 2.58. The summed E-state index contributed by atoms with van der Waals surface area (Å²) < 4.78 is 19.0. The second-order valence-corrected chi connectivity index (χ2v) is 5.40. The van der Waals surface area contributed by atoms with Crippen molar-refractivity contribution in [1.82, 2.24) is 0 Å². The molecule has 0 amide bonds. The molecule has 1 aromatic rings. The van der Waals surface area contributed by atoms with Gasteiger partial charge in [-0.2, -0.15) is 0 Å². The quantitative estimate of drug-likeness (QED) is 0.804. The van der Waals surface area contributed by atoms with E-state index in [2.05, 4.69) is 13.8 Å². The van der Waals surface area contributed by atoms with Crippen LogP contribution >= 0.6 is 12.2 Å². The molecule has 0 aliphatic carbocycles. The molecule has 0 fully saturated rings. The third kappa shape index (κ3) is 5.10. The van der Waals surface area contributed by atoms with Gasteiger partial charge in [-0.15, -0.1) is 0 Å². The van der Waals surface area contributed by atoms with E-state index in [-0.39, 0.29) is 16.9 Å². The second kappa shape index (κ2) is 6.81. The van der Waals surface area contributed by atoms with Crippen molar-refractivity contribution in [1.29, 1.82) is 0 Å². The van der Waals surface area contributed by atoms with Gasteiger partial charge in [0, 0.05) is 5.56 Å². The Hall–Kier alpha value is -1.00. The largest absolute Gasteiger partial charge is 0.389 e. The highest BCUT2D eigenvalue weighted by atomic mass is 32.1. The lowest BCUT2D eigenvalue weighted by molar-refractivity contribution is 0.0396. The lowest BCUT2D eigenvalue weighted by Gasteiger charge is -2.15. The van der Waals surface area contributed by atoms with Crippen LogP contribution in [-0.2, 0) is 11.3 Å². The van der Waals surface area contributed by atoms with E-state index in [1.807, 2.05) is 6.92 Å². The molecule has 0 aromatic heterocycles. The minimum atomic E-state index is -0.338. The predicted octanol–water partition coefficient (Wildman–Crippen LogP) is 3.41. The molecule has 1 atom stereocenters. The Balaban J connectivity index is 2.64. The number of nitrogens with two attached hydrogens (primary N) is 1. The Morgan fingerprint density at radius 2 is 2.00 bits per heavy atom. The van der Waals surface area contributed by atoms with Crippen LogP contribution in [0, 0.1) is 11.7 Å². The maximum Gasteiger partial charge on any atom is 0.124 e. The highest BCUT2D eigenvalue weighted by Gasteiger charge is 2.07. The van der Waals surface area contributed by atoms with Gasteiger partial charge in [-0.05, 0) is 43.0 Å². The van der Waals surface area contributed by atoms with Gasteiger partial charge in [0.2, 0.25) is 0 Å². The molecule has 0 saturated heterocycles. The molecule has 1 aromatic carbocycles. The summed E-state index contributed by atoms with van der Waals surface area (Å²) in [6.45, 7) is 6.69. The summed E-state index contributed by atoms with van der Waals surface area (Å²) in [5, 5.41) is 0. The van der Waals surface area contributed by atoms with Crippen LogP contribution < -0.4 is 5.73 Å². The molecule has 0 heterocycles. The summed E-state index contributed by atoms with van der Waals surface area (Å²) >= 11 is 4.84. The molecular formula is C14H20FNOS. The van der Waals surface area contributed by atoms with Crippen LogP contribution in [0.4, 0.5) is 4.39 Å². The van der Waals surface area contributed by atoms with E-state index >= 15 is 0 Å². The first-order valence-electron chi connectivity index (χ1n) is 6.09. The minimum Gasteiger partial charge on any atom is -0.389 e. The van der Waals surface area contributed by atoms with Crippen molar-refractivity contribution in [2.75, 3.05) is 0 Å². The molecule has 100 valence electrons. The van der Waals surface area contributed by atoms with Gasteiger partial charge in [-0.1, -0.05) is 26.1 Å². The van der Waals surface area contributed by atoms with E-state index in [0.29, 0.717) is 18.1 Å². The van der Waals surface area contributed by atoms with Gasteiger partial charge in [0.1, 0.15) is 10.8 Å². The molecule has 0 radical (unpaired) electrons. The van der Waals surface area contributed by atoms with Crippen molar-refractivity contribution >= 4 is 17.2 Å². The lowest BCUT2D eigenvalue weighted by Crippen LogP contribution is -2.13. The zero-order chi connectivity index (χ0) is 13.7. The summed E-state index contributed by atoms with van der Waals surface area (Å²) in [6, 6.07) is 4.56. The van der Waals surface area contributed by atoms with Crippen molar-refractivity contribution < 1.29 is 9.13 Å². The van der Waals surface area contributed by atoms with Crippen LogP contribution in [0.5, 0.6) is 0 Å². The Labute approximate surface area is 113 Å². The number of hydrogen-bond donors (Lipinski definition) is 1. The topological polar surface area (TPSA) is 35.2 Å². The number of ether oxygens (including phenoxy) is 1. The molecule has 1 rings (SSSR count). The van der Waals surface area contributed by atoms with Crippen LogP contribution in [0.15, 0.2) is 18.2 Å². The molecule has 0 bridgehead atoms. The van der Waals surface area contributed by atoms with Crippen molar-refractivity contribution in [3.05, 3.63) is 35.1 Å². The summed E-state index contributed by atoms with van der Waals surface area (Å²) in [5.41, 5.74) is 6.80. The van der Waals surface area contributed by atoms with Gasteiger partial charge in [-0.3, -0.25) is 0 Å². The SMILES string of the molecule is CC(C)CC(C)OCc1cc(F)cc(C(N)=S)c1. The van der Waals surface area contributed by atoms with Crippen molar-refractivity contribution in [3.63, 3.8) is 0 Å². The van der Waals surface area contributed by atoms with E-state index in [9.17, 15) is 4.39 Å². The zero-order valence-electron chi connectivity index (χ0n) is 11.1. The van der Waals surface area contributed by atoms with Crippen LogP contribution in [0.2, 0.25) is 0 Å². The first-order chi connectivity index (χ1) is 8.38. The Kier molecular flexibility index (Phi) is 5.69. The number of hydrogen-bond acceptors (Lipinski definition) is 2. The van der Waals surface area contributed by atoms with Gasteiger partial charge >= 0.3 is 0 Å². The maximum atomic E-state index is 13.4. The standard InChI is InChI=1S/C14H20FNOS/c1-9(2)4-10(3)17-8-11-5-12(14(16)18)7-13(15)6-11/h5-7,9-10H,4,8H2,1-3H3,(H2,16,18). The van der Waals surface area contributed by atoms with E-state index in [0.717, 1.165) is 12.0 Å². The monoisotopic (exact) mass is 269 g/mol. The molecule has 2 N–H and O–H groups in total. The van der Waals surface area contributed by atoms with Crippen LogP contribution in [0.1, 0.15) is 38.3 Å². The Morgan fingerprint density at radius 1 is 1.33 bits per heavy atom.